The van der Waals surface area contributed by atoms with Gasteiger partial charge in [0.2, 0.25) is 5.96 Å². The largest absolute Gasteiger partial charge is 0.497 e. The summed E-state index contributed by atoms with van der Waals surface area (Å²) >= 11 is 0. The van der Waals surface area contributed by atoms with Crippen molar-refractivity contribution < 1.29 is 19.4 Å². The number of benzene rings is 1. The van der Waals surface area contributed by atoms with Crippen molar-refractivity contribution in [3.63, 3.8) is 0 Å². The lowest BCUT2D eigenvalue weighted by Crippen LogP contribution is -2.63. The van der Waals surface area contributed by atoms with Gasteiger partial charge in [0.25, 0.3) is 0 Å². The highest BCUT2D eigenvalue weighted by molar-refractivity contribution is 6.53. The fourth-order valence-corrected chi connectivity index (χ4v) is 2.85. The number of carbonyl (C=O) groups is 1. The zero-order valence-corrected chi connectivity index (χ0v) is 18.2. The van der Waals surface area contributed by atoms with Gasteiger partial charge in [0.1, 0.15) is 11.5 Å². The Labute approximate surface area is 177 Å². The lowest BCUT2D eigenvalue weighted by Gasteiger charge is -2.37. The maximum atomic E-state index is 11.6. The molecule has 10 nitrogen and oxygen atoms in total. The van der Waals surface area contributed by atoms with Crippen LogP contribution in [0.15, 0.2) is 28.2 Å². The predicted molar refractivity (Wildman–Crippen MR) is 118 cm³/mol. The molecule has 0 amide bonds. The molecule has 0 fully saturated rings. The molecule has 1 atom stereocenters. The first-order valence-corrected chi connectivity index (χ1v) is 9.85. The minimum absolute atomic E-state index is 0.180. The summed E-state index contributed by atoms with van der Waals surface area (Å²) in [7, 11) is 2.61. The van der Waals surface area contributed by atoms with Gasteiger partial charge in [0.05, 0.1) is 33.1 Å². The van der Waals surface area contributed by atoms with Crippen LogP contribution in [0.25, 0.3) is 0 Å². The summed E-state index contributed by atoms with van der Waals surface area (Å²) in [5, 5.41) is 18.6. The van der Waals surface area contributed by atoms with Crippen LogP contribution >= 0.6 is 0 Å². The number of rotatable bonds is 10. The molecule has 0 spiro atoms. The number of aliphatic carboxylic acids is 1. The topological polar surface area (TPSA) is 125 Å². The van der Waals surface area contributed by atoms with Gasteiger partial charge in [0.15, 0.2) is 0 Å². The quantitative estimate of drug-likeness (QED) is 0.380. The number of hydrogen-bond acceptors (Lipinski definition) is 9. The Morgan fingerprint density at radius 1 is 1.33 bits per heavy atom. The van der Waals surface area contributed by atoms with Gasteiger partial charge < -0.3 is 25.5 Å². The maximum absolute atomic E-state index is 11.6. The fraction of sp³-hybridized carbons (Fsp3) is 0.526. The van der Waals surface area contributed by atoms with Crippen molar-refractivity contribution in [2.24, 2.45) is 21.7 Å². The monoisotopic (exact) mass is 418 g/mol. The molecule has 1 aromatic rings. The van der Waals surface area contributed by atoms with E-state index in [1.807, 2.05) is 0 Å². The molecule has 1 aliphatic heterocycles. The first-order chi connectivity index (χ1) is 14.2. The summed E-state index contributed by atoms with van der Waals surface area (Å²) in [6.07, 6.45) is 2.55. The number of carboxylic acid groups (broad SMARTS) is 1. The van der Waals surface area contributed by atoms with Crippen molar-refractivity contribution in [3.8, 4) is 11.5 Å². The number of carboxylic acids is 1. The number of hydrazone groups is 1. The molecular weight excluding hydrogens is 387 g/mol. The fourth-order valence-electron chi connectivity index (χ4n) is 2.85. The van der Waals surface area contributed by atoms with E-state index in [4.69, 9.17) is 15.2 Å². The second kappa shape index (κ2) is 10.8. The van der Waals surface area contributed by atoms with E-state index in [9.17, 15) is 9.90 Å². The molecule has 0 aromatic heterocycles. The Hall–Kier alpha value is -2.79. The molecule has 0 saturated carbocycles. The van der Waals surface area contributed by atoms with Crippen LogP contribution < -0.4 is 20.4 Å². The Morgan fingerprint density at radius 3 is 2.50 bits per heavy atom. The van der Waals surface area contributed by atoms with Gasteiger partial charge in [-0.25, -0.2) is 5.01 Å². The van der Waals surface area contributed by atoms with Crippen LogP contribution in [0.3, 0.4) is 0 Å². The van der Waals surface area contributed by atoms with Crippen molar-refractivity contribution in [2.75, 3.05) is 27.4 Å². The maximum Gasteiger partial charge on any atom is 0.458 e. The summed E-state index contributed by atoms with van der Waals surface area (Å²) in [5.41, 5.74) is 6.86. The number of methoxy groups -OCH3 is 2. The second-order valence-electron chi connectivity index (χ2n) is 7.46. The zero-order valence-electron chi connectivity index (χ0n) is 18.2. The molecule has 0 saturated heterocycles. The van der Waals surface area contributed by atoms with Crippen molar-refractivity contribution in [2.45, 2.75) is 33.2 Å². The molecule has 11 heteroatoms. The summed E-state index contributed by atoms with van der Waals surface area (Å²) in [5.74, 6) is 1.05. The SMILES string of the molecule is COc1cc(C=NN2CN([C@H](C)C(=O)O)B(NCCC(C)C)N=C2N)cc(OC)c1. The van der Waals surface area contributed by atoms with Gasteiger partial charge in [0, 0.05) is 11.6 Å². The minimum atomic E-state index is -0.942. The molecule has 164 valence electrons. The van der Waals surface area contributed by atoms with Gasteiger partial charge in [-0.05, 0) is 37.9 Å². The first kappa shape index (κ1) is 23.5. The first-order valence-electron chi connectivity index (χ1n) is 9.85. The van der Waals surface area contributed by atoms with Crippen molar-refractivity contribution in [1.82, 2.24) is 15.0 Å². The third-order valence-corrected chi connectivity index (χ3v) is 4.75. The molecule has 0 aliphatic carbocycles. The second-order valence-corrected chi connectivity index (χ2v) is 7.46. The Kier molecular flexibility index (Phi) is 8.49. The minimum Gasteiger partial charge on any atom is -0.497 e. The number of ether oxygens (including phenoxy) is 2. The molecule has 0 unspecified atom stereocenters. The number of hydrogen-bond donors (Lipinski definition) is 3. The number of guanidine groups is 1. The van der Waals surface area contributed by atoms with Gasteiger partial charge in [-0.3, -0.25) is 14.5 Å². The van der Waals surface area contributed by atoms with E-state index in [1.54, 1.807) is 50.4 Å². The van der Waals surface area contributed by atoms with Crippen LogP contribution in [-0.4, -0.2) is 73.7 Å². The highest BCUT2D eigenvalue weighted by Crippen LogP contribution is 2.21. The van der Waals surface area contributed by atoms with Gasteiger partial charge in [-0.15, -0.1) is 0 Å². The van der Waals surface area contributed by atoms with E-state index in [0.29, 0.717) is 24.0 Å². The van der Waals surface area contributed by atoms with Crippen molar-refractivity contribution >= 4 is 25.3 Å². The molecule has 0 radical (unpaired) electrons. The zero-order chi connectivity index (χ0) is 22.3. The Morgan fingerprint density at radius 2 is 1.97 bits per heavy atom. The van der Waals surface area contributed by atoms with E-state index in [2.05, 4.69) is 29.1 Å². The molecular formula is C19H31BN6O4. The molecule has 2 rings (SSSR count). The van der Waals surface area contributed by atoms with Crippen LogP contribution in [0.4, 0.5) is 0 Å². The predicted octanol–water partition coefficient (Wildman–Crippen LogP) is 1.02. The Balaban J connectivity index is 2.22. The lowest BCUT2D eigenvalue weighted by molar-refractivity contribution is -0.141. The van der Waals surface area contributed by atoms with Crippen LogP contribution in [0.1, 0.15) is 32.8 Å². The third kappa shape index (κ3) is 6.36. The number of nitrogens with one attached hydrogen (secondary N) is 1. The molecule has 1 aromatic carbocycles. The molecule has 0 bridgehead atoms. The van der Waals surface area contributed by atoms with Gasteiger partial charge in [-0.1, -0.05) is 13.8 Å². The normalized spacial score (nSPS) is 16.1. The number of nitrogens with zero attached hydrogens (tertiary/aromatic N) is 4. The van der Waals surface area contributed by atoms with Crippen LogP contribution in [0.5, 0.6) is 11.5 Å². The molecule has 30 heavy (non-hydrogen) atoms. The van der Waals surface area contributed by atoms with E-state index in [0.717, 1.165) is 12.0 Å². The molecule has 1 aliphatic rings. The van der Waals surface area contributed by atoms with Crippen molar-refractivity contribution in [1.29, 1.82) is 0 Å². The van der Waals surface area contributed by atoms with Crippen LogP contribution in [-0.2, 0) is 4.79 Å². The smallest absolute Gasteiger partial charge is 0.458 e. The van der Waals surface area contributed by atoms with Crippen LogP contribution in [0.2, 0.25) is 0 Å². The average molecular weight is 418 g/mol. The molecule has 1 heterocycles. The van der Waals surface area contributed by atoms with Crippen molar-refractivity contribution in [3.05, 3.63) is 23.8 Å². The van der Waals surface area contributed by atoms with Gasteiger partial charge >= 0.3 is 13.1 Å². The standard InChI is InChI=1S/C19H31BN6O4/c1-13(2)6-7-22-20-24-19(21)26(12-25(20)14(3)18(27)28)23-11-15-8-16(29-4)10-17(9-15)30-5/h8-11,13-14,22H,6-7,12H2,1-5H3,(H2,21,24)(H,27,28)/t14-/m1/s1. The third-order valence-electron chi connectivity index (χ3n) is 4.75. The lowest BCUT2D eigenvalue weighted by atomic mass is 9.88. The van der Waals surface area contributed by atoms with E-state index < -0.39 is 19.1 Å². The van der Waals surface area contributed by atoms with E-state index in [1.165, 1.54) is 5.01 Å². The van der Waals surface area contributed by atoms with Gasteiger partial charge in [-0.2, -0.15) is 5.10 Å². The highest BCUT2D eigenvalue weighted by atomic mass is 16.5. The van der Waals surface area contributed by atoms with E-state index in [-0.39, 0.29) is 12.6 Å². The van der Waals surface area contributed by atoms with E-state index >= 15 is 0 Å². The summed E-state index contributed by atoms with van der Waals surface area (Å²) in [6, 6.07) is 4.60. The Bertz CT molecular complexity index is 766. The number of nitrogens with two attached hydrogens (primary N) is 1. The molecule has 4 N–H and O–H groups in total. The average Bonchev–Trinajstić information content (AvgIpc) is 2.71. The van der Waals surface area contributed by atoms with Crippen LogP contribution in [0, 0.1) is 5.92 Å². The highest BCUT2D eigenvalue weighted by Gasteiger charge is 2.37. The summed E-state index contributed by atoms with van der Waals surface area (Å²) in [6.45, 7) is 6.75. The summed E-state index contributed by atoms with van der Waals surface area (Å²) in [4.78, 5) is 17.7. The summed E-state index contributed by atoms with van der Waals surface area (Å²) < 4.78 is 10.5.